The number of hydrogen-bond acceptors (Lipinski definition) is 5. The van der Waals surface area contributed by atoms with Gasteiger partial charge in [0.2, 0.25) is 0 Å². The molecule has 0 aliphatic carbocycles. The molecule has 0 aliphatic heterocycles. The molecule has 0 aromatic carbocycles. The Bertz CT molecular complexity index is 762. The number of rotatable bonds is 5. The van der Waals surface area contributed by atoms with E-state index < -0.39 is 0 Å². The third-order valence-corrected chi connectivity index (χ3v) is 4.40. The molecule has 0 unspecified atom stereocenters. The lowest BCUT2D eigenvalue weighted by molar-refractivity contribution is 0.0934. The first-order chi connectivity index (χ1) is 11.1. The third kappa shape index (κ3) is 3.48. The summed E-state index contributed by atoms with van der Waals surface area (Å²) < 4.78 is 5.09. The van der Waals surface area contributed by atoms with Gasteiger partial charge in [0, 0.05) is 12.4 Å². The molecule has 0 aliphatic rings. The van der Waals surface area contributed by atoms with Crippen molar-refractivity contribution in [3.8, 4) is 0 Å². The smallest absolute Gasteiger partial charge is 0.257 e. The quantitative estimate of drug-likeness (QED) is 0.779. The van der Waals surface area contributed by atoms with Crippen molar-refractivity contribution in [2.24, 2.45) is 0 Å². The average molecular weight is 327 g/mol. The van der Waals surface area contributed by atoms with E-state index >= 15 is 0 Å². The van der Waals surface area contributed by atoms with Gasteiger partial charge in [0.1, 0.15) is 11.3 Å². The minimum Gasteiger partial charge on any atom is -0.361 e. The minimum atomic E-state index is -0.176. The first-order valence-corrected chi connectivity index (χ1v) is 8.24. The highest BCUT2D eigenvalue weighted by molar-refractivity contribution is 7.07. The molecule has 0 fully saturated rings. The Morgan fingerprint density at radius 2 is 2.26 bits per heavy atom. The van der Waals surface area contributed by atoms with Crippen LogP contribution in [0.5, 0.6) is 0 Å². The molecule has 3 rings (SSSR count). The van der Waals surface area contributed by atoms with Gasteiger partial charge >= 0.3 is 0 Å². The summed E-state index contributed by atoms with van der Waals surface area (Å²) in [6.45, 7) is 3.51. The van der Waals surface area contributed by atoms with Crippen molar-refractivity contribution in [1.29, 1.82) is 0 Å². The van der Waals surface area contributed by atoms with Crippen LogP contribution in [0.15, 0.2) is 45.9 Å². The van der Waals surface area contributed by atoms with E-state index in [2.05, 4.69) is 26.9 Å². The Morgan fingerprint density at radius 1 is 1.39 bits per heavy atom. The molecule has 6 heteroatoms. The van der Waals surface area contributed by atoms with Gasteiger partial charge in [-0.2, -0.15) is 11.3 Å². The van der Waals surface area contributed by atoms with Crippen LogP contribution >= 0.6 is 11.3 Å². The molecule has 3 aromatic heterocycles. The molecule has 1 N–H and O–H groups in total. The van der Waals surface area contributed by atoms with Crippen molar-refractivity contribution in [1.82, 2.24) is 15.5 Å². The molecule has 0 radical (unpaired) electrons. The fourth-order valence-corrected chi connectivity index (χ4v) is 3.20. The normalized spacial score (nSPS) is 12.1. The number of amides is 1. The zero-order valence-corrected chi connectivity index (χ0v) is 13.8. The molecular formula is C17H17N3O2S. The zero-order chi connectivity index (χ0) is 16.2. The summed E-state index contributed by atoms with van der Waals surface area (Å²) in [5.74, 6) is 0.353. The zero-order valence-electron chi connectivity index (χ0n) is 12.9. The van der Waals surface area contributed by atoms with E-state index in [1.165, 1.54) is 5.56 Å². The molecule has 0 spiro atoms. The van der Waals surface area contributed by atoms with Crippen LogP contribution in [0.1, 0.15) is 39.0 Å². The van der Waals surface area contributed by atoms with E-state index in [-0.39, 0.29) is 11.9 Å². The van der Waals surface area contributed by atoms with E-state index in [1.807, 2.05) is 17.5 Å². The number of aryl methyl sites for hydroxylation is 2. The molecule has 0 saturated heterocycles. The molecule has 118 valence electrons. The Kier molecular flexibility index (Phi) is 4.52. The number of pyridine rings is 1. The second-order valence-electron chi connectivity index (χ2n) is 5.35. The fourth-order valence-electron chi connectivity index (χ4n) is 2.52. The minimum absolute atomic E-state index is 0.153. The summed E-state index contributed by atoms with van der Waals surface area (Å²) in [4.78, 5) is 16.8. The van der Waals surface area contributed by atoms with Crippen molar-refractivity contribution < 1.29 is 9.32 Å². The third-order valence-electron chi connectivity index (χ3n) is 3.67. The number of thiophene rings is 1. The molecule has 1 amide bonds. The Hall–Kier alpha value is -2.47. The van der Waals surface area contributed by atoms with Crippen LogP contribution in [0.25, 0.3) is 0 Å². The van der Waals surface area contributed by atoms with Crippen molar-refractivity contribution in [2.75, 3.05) is 0 Å². The first-order valence-electron chi connectivity index (χ1n) is 7.30. The van der Waals surface area contributed by atoms with Crippen LogP contribution < -0.4 is 5.32 Å². The van der Waals surface area contributed by atoms with E-state index in [0.717, 1.165) is 5.56 Å². The highest BCUT2D eigenvalue weighted by Gasteiger charge is 2.22. The topological polar surface area (TPSA) is 68.0 Å². The van der Waals surface area contributed by atoms with Crippen LogP contribution in [0, 0.1) is 13.8 Å². The molecule has 0 bridgehead atoms. The Morgan fingerprint density at radius 3 is 2.87 bits per heavy atom. The molecular weight excluding hydrogens is 310 g/mol. The van der Waals surface area contributed by atoms with Crippen LogP contribution in [0.3, 0.4) is 0 Å². The van der Waals surface area contributed by atoms with Gasteiger partial charge in [-0.1, -0.05) is 11.2 Å². The van der Waals surface area contributed by atoms with Crippen LogP contribution in [0.2, 0.25) is 0 Å². The Balaban J connectivity index is 1.85. The Labute approximate surface area is 138 Å². The van der Waals surface area contributed by atoms with Gasteiger partial charge in [0.05, 0.1) is 11.7 Å². The monoisotopic (exact) mass is 327 g/mol. The number of carbonyl (C=O) groups is 1. The SMILES string of the molecule is Cc1noc(C)c1C(=O)N[C@@H](Cc1ccsc1)c1cccnc1. The first kappa shape index (κ1) is 15.4. The molecule has 1 atom stereocenters. The summed E-state index contributed by atoms with van der Waals surface area (Å²) in [5, 5.41) is 11.1. The van der Waals surface area contributed by atoms with Crippen LogP contribution in [-0.2, 0) is 6.42 Å². The van der Waals surface area contributed by atoms with Crippen molar-refractivity contribution in [2.45, 2.75) is 26.3 Å². The van der Waals surface area contributed by atoms with E-state index in [1.54, 1.807) is 37.6 Å². The number of hydrogen-bond donors (Lipinski definition) is 1. The highest BCUT2D eigenvalue weighted by Crippen LogP contribution is 2.21. The lowest BCUT2D eigenvalue weighted by Gasteiger charge is -2.18. The van der Waals surface area contributed by atoms with E-state index in [9.17, 15) is 4.79 Å². The van der Waals surface area contributed by atoms with Crippen molar-refractivity contribution >= 4 is 17.2 Å². The van der Waals surface area contributed by atoms with E-state index in [0.29, 0.717) is 23.4 Å². The second kappa shape index (κ2) is 6.75. The van der Waals surface area contributed by atoms with E-state index in [4.69, 9.17) is 4.52 Å². The van der Waals surface area contributed by atoms with Crippen molar-refractivity contribution in [3.05, 3.63) is 69.5 Å². The summed E-state index contributed by atoms with van der Waals surface area (Å²) >= 11 is 1.64. The van der Waals surface area contributed by atoms with Crippen LogP contribution in [0.4, 0.5) is 0 Å². The number of carbonyl (C=O) groups excluding carboxylic acids is 1. The highest BCUT2D eigenvalue weighted by atomic mass is 32.1. The maximum atomic E-state index is 12.6. The maximum Gasteiger partial charge on any atom is 0.257 e. The summed E-state index contributed by atoms with van der Waals surface area (Å²) in [5.41, 5.74) is 3.26. The molecule has 3 heterocycles. The van der Waals surface area contributed by atoms with Gasteiger partial charge in [-0.3, -0.25) is 9.78 Å². The predicted molar refractivity (Wildman–Crippen MR) is 88.4 cm³/mol. The summed E-state index contributed by atoms with van der Waals surface area (Å²) in [6.07, 6.45) is 4.22. The van der Waals surface area contributed by atoms with Crippen LogP contribution in [-0.4, -0.2) is 16.0 Å². The van der Waals surface area contributed by atoms with Gasteiger partial charge in [-0.05, 0) is 54.3 Å². The van der Waals surface area contributed by atoms with Gasteiger partial charge < -0.3 is 9.84 Å². The number of nitrogens with zero attached hydrogens (tertiary/aromatic N) is 2. The number of nitrogens with one attached hydrogen (secondary N) is 1. The largest absolute Gasteiger partial charge is 0.361 e. The second-order valence-corrected chi connectivity index (χ2v) is 6.13. The molecule has 23 heavy (non-hydrogen) atoms. The average Bonchev–Trinajstić information content (AvgIpc) is 3.17. The van der Waals surface area contributed by atoms with Crippen molar-refractivity contribution in [3.63, 3.8) is 0 Å². The lowest BCUT2D eigenvalue weighted by Crippen LogP contribution is -2.30. The summed E-state index contributed by atoms with van der Waals surface area (Å²) in [7, 11) is 0. The molecule has 0 saturated carbocycles. The molecule has 5 nitrogen and oxygen atoms in total. The van der Waals surface area contributed by atoms with Gasteiger partial charge in [-0.25, -0.2) is 0 Å². The van der Waals surface area contributed by atoms with Gasteiger partial charge in [-0.15, -0.1) is 0 Å². The standard InChI is InChI=1S/C17H17N3O2S/c1-11-16(12(2)22-20-11)17(21)19-15(8-13-5-7-23-10-13)14-4-3-6-18-9-14/h3-7,9-10,15H,8H2,1-2H3,(H,19,21)/t15-/m0/s1. The fraction of sp³-hybridized carbons (Fsp3) is 0.235. The van der Waals surface area contributed by atoms with Gasteiger partial charge in [0.15, 0.2) is 0 Å². The predicted octanol–water partition coefficient (Wildman–Crippen LogP) is 3.46. The number of aromatic nitrogens is 2. The summed E-state index contributed by atoms with van der Waals surface area (Å²) in [6, 6.07) is 5.76. The maximum absolute atomic E-state index is 12.6. The van der Waals surface area contributed by atoms with Gasteiger partial charge in [0.25, 0.3) is 5.91 Å². The lowest BCUT2D eigenvalue weighted by atomic mass is 10.0. The molecule has 3 aromatic rings.